The Balaban J connectivity index is 1.90. The summed E-state index contributed by atoms with van der Waals surface area (Å²) >= 11 is 1.59. The molecular weight excluding hydrogens is 448 g/mol. The van der Waals surface area contributed by atoms with Gasteiger partial charge in [-0.15, -0.1) is 11.3 Å². The number of anilines is 1. The molecule has 0 unspecified atom stereocenters. The van der Waals surface area contributed by atoms with Crippen LogP contribution < -0.4 is 4.31 Å². The zero-order chi connectivity index (χ0) is 22.8. The highest BCUT2D eigenvalue weighted by Gasteiger charge is 2.27. The van der Waals surface area contributed by atoms with Crippen LogP contribution in [0, 0.1) is 0 Å². The Kier molecular flexibility index (Phi) is 5.70. The lowest BCUT2D eigenvalue weighted by atomic mass is 9.97. The number of nitrogens with zero attached hydrogens (tertiary/aromatic N) is 2. The van der Waals surface area contributed by atoms with Gasteiger partial charge in [0.05, 0.1) is 34.6 Å². The largest absolute Gasteiger partial charge is 0.265 e. The van der Waals surface area contributed by atoms with E-state index in [2.05, 4.69) is 0 Å². The van der Waals surface area contributed by atoms with E-state index in [0.717, 1.165) is 38.2 Å². The Morgan fingerprint density at radius 2 is 1.48 bits per heavy atom. The fourth-order valence-electron chi connectivity index (χ4n) is 4.03. The first-order chi connectivity index (χ1) is 16.0. The van der Waals surface area contributed by atoms with Gasteiger partial charge in [0.15, 0.2) is 0 Å². The van der Waals surface area contributed by atoms with Crippen LogP contribution in [-0.4, -0.2) is 19.7 Å². The van der Waals surface area contributed by atoms with Gasteiger partial charge in [0.2, 0.25) is 10.0 Å². The van der Waals surface area contributed by atoms with Gasteiger partial charge in [-0.2, -0.15) is 0 Å². The number of fused-ring (bicyclic) bond motifs is 1. The van der Waals surface area contributed by atoms with Crippen LogP contribution >= 0.6 is 11.3 Å². The maximum atomic E-state index is 13.3. The lowest BCUT2D eigenvalue weighted by molar-refractivity contribution is 0.596. The molecule has 4 nitrogen and oxygen atoms in total. The summed E-state index contributed by atoms with van der Waals surface area (Å²) in [5.74, 6) is 0. The zero-order valence-corrected chi connectivity index (χ0v) is 19.7. The molecule has 2 heterocycles. The minimum atomic E-state index is -3.61. The molecule has 33 heavy (non-hydrogen) atoms. The molecule has 5 aromatic rings. The quantitative estimate of drug-likeness (QED) is 0.281. The van der Waals surface area contributed by atoms with Crippen molar-refractivity contribution in [2.24, 2.45) is 0 Å². The summed E-state index contributed by atoms with van der Waals surface area (Å²) in [4.78, 5) is 6.01. The Hall–Kier alpha value is -3.48. The van der Waals surface area contributed by atoms with Crippen molar-refractivity contribution in [3.8, 4) is 21.7 Å². The van der Waals surface area contributed by atoms with Crippen LogP contribution in [0.3, 0.4) is 0 Å². The second-order valence-corrected chi connectivity index (χ2v) is 10.7. The molecule has 0 N–H and O–H groups in total. The van der Waals surface area contributed by atoms with Crippen LogP contribution in [0.1, 0.15) is 5.56 Å². The van der Waals surface area contributed by atoms with Crippen LogP contribution in [0.2, 0.25) is 0 Å². The number of hydrogen-bond acceptors (Lipinski definition) is 4. The normalized spacial score (nSPS) is 11.5. The fourth-order valence-corrected chi connectivity index (χ4v) is 5.66. The summed E-state index contributed by atoms with van der Waals surface area (Å²) in [6.45, 7) is 0.234. The average Bonchev–Trinajstić information content (AvgIpc) is 3.37. The van der Waals surface area contributed by atoms with Gasteiger partial charge in [-0.25, -0.2) is 13.4 Å². The number of hydrogen-bond donors (Lipinski definition) is 0. The first-order valence-electron chi connectivity index (χ1n) is 10.6. The van der Waals surface area contributed by atoms with Crippen molar-refractivity contribution in [2.45, 2.75) is 6.54 Å². The Morgan fingerprint density at radius 1 is 0.818 bits per heavy atom. The molecule has 2 aromatic heterocycles. The lowest BCUT2D eigenvalue weighted by Gasteiger charge is -2.28. The molecule has 0 atom stereocenters. The maximum Gasteiger partial charge on any atom is 0.232 e. The van der Waals surface area contributed by atoms with Crippen molar-refractivity contribution in [3.63, 3.8) is 0 Å². The van der Waals surface area contributed by atoms with E-state index >= 15 is 0 Å². The predicted octanol–water partition coefficient (Wildman–Crippen LogP) is 6.60. The molecular formula is C27H22N2O2S2. The zero-order valence-electron chi connectivity index (χ0n) is 18.0. The van der Waals surface area contributed by atoms with E-state index in [1.54, 1.807) is 11.3 Å². The van der Waals surface area contributed by atoms with Gasteiger partial charge in [-0.3, -0.25) is 4.31 Å². The van der Waals surface area contributed by atoms with Gasteiger partial charge in [-0.05, 0) is 28.6 Å². The Bertz CT molecular complexity index is 1500. The molecule has 0 bridgehead atoms. The molecule has 0 amide bonds. The molecule has 0 saturated heterocycles. The first-order valence-corrected chi connectivity index (χ1v) is 13.3. The van der Waals surface area contributed by atoms with E-state index in [4.69, 9.17) is 4.98 Å². The molecule has 164 valence electrons. The highest BCUT2D eigenvalue weighted by Crippen LogP contribution is 2.45. The molecule has 0 saturated carbocycles. The maximum absolute atomic E-state index is 13.3. The Morgan fingerprint density at radius 3 is 2.15 bits per heavy atom. The minimum absolute atomic E-state index is 0.234. The number of rotatable bonds is 6. The predicted molar refractivity (Wildman–Crippen MR) is 138 cm³/mol. The standard InChI is InChI=1S/C27H22N2O2S2/c1-33(30,31)29(19-20-11-4-2-5-12-20)27-22-15-8-9-16-23(22)28-26(24-17-10-18-32-24)25(27)21-13-6-3-7-14-21/h2-18H,19H2,1H3. The van der Waals surface area contributed by atoms with Crippen molar-refractivity contribution in [1.29, 1.82) is 0 Å². The average molecular weight is 471 g/mol. The van der Waals surface area contributed by atoms with Crippen molar-refractivity contribution >= 4 is 38.0 Å². The third-order valence-corrected chi connectivity index (χ3v) is 7.49. The van der Waals surface area contributed by atoms with E-state index < -0.39 is 10.0 Å². The SMILES string of the molecule is CS(=O)(=O)N(Cc1ccccc1)c1c(-c2ccccc2)c(-c2cccs2)nc2ccccc12. The van der Waals surface area contributed by atoms with Crippen LogP contribution in [0.5, 0.6) is 0 Å². The van der Waals surface area contributed by atoms with Gasteiger partial charge >= 0.3 is 0 Å². The summed E-state index contributed by atoms with van der Waals surface area (Å²) < 4.78 is 28.1. The number of benzene rings is 3. The van der Waals surface area contributed by atoms with Crippen LogP contribution in [0.4, 0.5) is 5.69 Å². The molecule has 0 aliphatic heterocycles. The number of pyridine rings is 1. The van der Waals surface area contributed by atoms with Crippen LogP contribution in [-0.2, 0) is 16.6 Å². The number of thiophene rings is 1. The summed E-state index contributed by atoms with van der Waals surface area (Å²) in [5, 5.41) is 2.82. The second-order valence-electron chi connectivity index (χ2n) is 7.80. The van der Waals surface area contributed by atoms with Gasteiger partial charge in [0, 0.05) is 10.9 Å². The van der Waals surface area contributed by atoms with Crippen molar-refractivity contribution in [1.82, 2.24) is 4.98 Å². The molecule has 5 rings (SSSR count). The summed E-state index contributed by atoms with van der Waals surface area (Å²) in [6.07, 6.45) is 1.27. The third kappa shape index (κ3) is 4.27. The molecule has 0 aliphatic carbocycles. The molecule has 0 spiro atoms. The van der Waals surface area contributed by atoms with Gasteiger partial charge in [0.25, 0.3) is 0 Å². The molecule has 3 aromatic carbocycles. The van der Waals surface area contributed by atoms with Crippen LogP contribution in [0.25, 0.3) is 32.6 Å². The smallest absolute Gasteiger partial charge is 0.232 e. The van der Waals surface area contributed by atoms with E-state index in [9.17, 15) is 8.42 Å². The van der Waals surface area contributed by atoms with Crippen molar-refractivity contribution < 1.29 is 8.42 Å². The summed E-state index contributed by atoms with van der Waals surface area (Å²) in [7, 11) is -3.61. The monoisotopic (exact) mass is 470 g/mol. The van der Waals surface area contributed by atoms with E-state index in [-0.39, 0.29) is 6.54 Å². The van der Waals surface area contributed by atoms with Crippen molar-refractivity contribution in [2.75, 3.05) is 10.6 Å². The second kappa shape index (κ2) is 8.81. The van der Waals surface area contributed by atoms with E-state index in [1.807, 2.05) is 102 Å². The topological polar surface area (TPSA) is 50.3 Å². The van der Waals surface area contributed by atoms with Crippen molar-refractivity contribution in [3.05, 3.63) is 108 Å². The van der Waals surface area contributed by atoms with Crippen LogP contribution in [0.15, 0.2) is 102 Å². The Labute approximate surface area is 197 Å². The number of para-hydroxylation sites is 1. The highest BCUT2D eigenvalue weighted by atomic mass is 32.2. The van der Waals surface area contributed by atoms with Gasteiger partial charge in [-0.1, -0.05) is 84.9 Å². The third-order valence-electron chi connectivity index (χ3n) is 5.50. The number of sulfonamides is 1. The summed E-state index contributed by atoms with van der Waals surface area (Å²) in [5.41, 5.74) is 4.86. The molecule has 0 aliphatic rings. The summed E-state index contributed by atoms with van der Waals surface area (Å²) in [6, 6.07) is 31.4. The fraction of sp³-hybridized carbons (Fsp3) is 0.0741. The molecule has 0 radical (unpaired) electrons. The molecule has 6 heteroatoms. The number of aromatic nitrogens is 1. The minimum Gasteiger partial charge on any atom is -0.265 e. The lowest BCUT2D eigenvalue weighted by Crippen LogP contribution is -2.30. The highest BCUT2D eigenvalue weighted by molar-refractivity contribution is 7.92. The van der Waals surface area contributed by atoms with E-state index in [0.29, 0.717) is 5.69 Å². The van der Waals surface area contributed by atoms with Gasteiger partial charge < -0.3 is 0 Å². The van der Waals surface area contributed by atoms with Gasteiger partial charge in [0.1, 0.15) is 0 Å². The molecule has 0 fully saturated rings. The first kappa shape index (κ1) is 21.4. The van der Waals surface area contributed by atoms with E-state index in [1.165, 1.54) is 10.6 Å².